The van der Waals surface area contributed by atoms with Crippen LogP contribution in [-0.2, 0) is 6.54 Å². The molecule has 0 amide bonds. The van der Waals surface area contributed by atoms with Gasteiger partial charge in [0.15, 0.2) is 0 Å². The number of halogens is 1. The molecule has 0 saturated carbocycles. The maximum atomic E-state index is 12.9. The fourth-order valence-electron chi connectivity index (χ4n) is 2.56. The SMILES string of the molecule is Fc1ccc(N2CCN(CCn3cccn3)CC2)cc1. The zero-order chi connectivity index (χ0) is 13.8. The Morgan fingerprint density at radius 1 is 1.00 bits per heavy atom. The van der Waals surface area contributed by atoms with Gasteiger partial charge in [-0.1, -0.05) is 0 Å². The minimum Gasteiger partial charge on any atom is -0.369 e. The molecule has 0 spiro atoms. The normalized spacial score (nSPS) is 16.6. The highest BCUT2D eigenvalue weighted by Crippen LogP contribution is 2.16. The third-order valence-electron chi connectivity index (χ3n) is 3.77. The topological polar surface area (TPSA) is 24.3 Å². The molecule has 0 aliphatic carbocycles. The molecule has 0 atom stereocenters. The maximum absolute atomic E-state index is 12.9. The molecule has 4 nitrogen and oxygen atoms in total. The standard InChI is InChI=1S/C15H19FN4/c16-14-2-4-15(5-3-14)19-11-8-18(9-12-19)10-13-20-7-1-6-17-20/h1-7H,8-13H2. The number of rotatable bonds is 4. The molecule has 0 bridgehead atoms. The summed E-state index contributed by atoms with van der Waals surface area (Å²) in [4.78, 5) is 4.76. The van der Waals surface area contributed by atoms with Crippen LogP contribution in [0.1, 0.15) is 0 Å². The highest BCUT2D eigenvalue weighted by Gasteiger charge is 2.16. The highest BCUT2D eigenvalue weighted by atomic mass is 19.1. The molecule has 0 unspecified atom stereocenters. The van der Waals surface area contributed by atoms with Gasteiger partial charge in [0.25, 0.3) is 0 Å². The van der Waals surface area contributed by atoms with Crippen LogP contribution in [0, 0.1) is 5.82 Å². The van der Waals surface area contributed by atoms with Crippen molar-refractivity contribution >= 4 is 5.69 Å². The molecule has 1 aromatic heterocycles. The van der Waals surface area contributed by atoms with E-state index in [9.17, 15) is 4.39 Å². The van der Waals surface area contributed by atoms with Crippen molar-refractivity contribution < 1.29 is 4.39 Å². The fourth-order valence-corrected chi connectivity index (χ4v) is 2.56. The first-order valence-electron chi connectivity index (χ1n) is 7.01. The van der Waals surface area contributed by atoms with Gasteiger partial charge in [-0.25, -0.2) is 4.39 Å². The maximum Gasteiger partial charge on any atom is 0.123 e. The van der Waals surface area contributed by atoms with Crippen molar-refractivity contribution in [1.82, 2.24) is 14.7 Å². The average molecular weight is 274 g/mol. The van der Waals surface area contributed by atoms with Crippen LogP contribution < -0.4 is 4.90 Å². The van der Waals surface area contributed by atoms with Crippen LogP contribution in [-0.4, -0.2) is 47.4 Å². The molecule has 3 rings (SSSR count). The molecule has 1 saturated heterocycles. The van der Waals surface area contributed by atoms with Crippen LogP contribution in [0.15, 0.2) is 42.7 Å². The lowest BCUT2D eigenvalue weighted by Gasteiger charge is -2.36. The second kappa shape index (κ2) is 6.05. The molecule has 1 fully saturated rings. The quantitative estimate of drug-likeness (QED) is 0.850. The average Bonchev–Trinajstić information content (AvgIpc) is 3.00. The van der Waals surface area contributed by atoms with E-state index in [-0.39, 0.29) is 5.82 Å². The molecular weight excluding hydrogens is 255 g/mol. The predicted molar refractivity (Wildman–Crippen MR) is 77.3 cm³/mol. The van der Waals surface area contributed by atoms with E-state index < -0.39 is 0 Å². The molecule has 1 aliphatic rings. The van der Waals surface area contributed by atoms with Crippen molar-refractivity contribution in [2.45, 2.75) is 6.54 Å². The van der Waals surface area contributed by atoms with E-state index in [0.717, 1.165) is 45.0 Å². The van der Waals surface area contributed by atoms with Crippen LogP contribution in [0.4, 0.5) is 10.1 Å². The van der Waals surface area contributed by atoms with E-state index in [0.29, 0.717) is 0 Å². The van der Waals surface area contributed by atoms with Gasteiger partial charge in [-0.3, -0.25) is 9.58 Å². The van der Waals surface area contributed by atoms with E-state index in [2.05, 4.69) is 14.9 Å². The lowest BCUT2D eigenvalue weighted by molar-refractivity contribution is 0.244. The van der Waals surface area contributed by atoms with Crippen molar-refractivity contribution in [3.05, 3.63) is 48.5 Å². The van der Waals surface area contributed by atoms with Gasteiger partial charge >= 0.3 is 0 Å². The molecule has 0 N–H and O–H groups in total. The minimum atomic E-state index is -0.174. The molecule has 5 heteroatoms. The second-order valence-corrected chi connectivity index (χ2v) is 5.07. The lowest BCUT2D eigenvalue weighted by Crippen LogP contribution is -2.47. The first kappa shape index (κ1) is 13.1. The van der Waals surface area contributed by atoms with Crippen LogP contribution >= 0.6 is 0 Å². The van der Waals surface area contributed by atoms with Crippen molar-refractivity contribution in [1.29, 1.82) is 0 Å². The number of hydrogen-bond donors (Lipinski definition) is 0. The first-order valence-corrected chi connectivity index (χ1v) is 7.01. The van der Waals surface area contributed by atoms with E-state index in [1.54, 1.807) is 0 Å². The summed E-state index contributed by atoms with van der Waals surface area (Å²) in [6, 6.07) is 8.72. The van der Waals surface area contributed by atoms with Gasteiger partial charge in [0.1, 0.15) is 5.82 Å². The Hall–Kier alpha value is -1.88. The monoisotopic (exact) mass is 274 g/mol. The number of piperazine rings is 1. The molecule has 20 heavy (non-hydrogen) atoms. The van der Waals surface area contributed by atoms with Gasteiger partial charge in [0.2, 0.25) is 0 Å². The van der Waals surface area contributed by atoms with Crippen molar-refractivity contribution in [3.8, 4) is 0 Å². The smallest absolute Gasteiger partial charge is 0.123 e. The van der Waals surface area contributed by atoms with E-state index >= 15 is 0 Å². The second-order valence-electron chi connectivity index (χ2n) is 5.07. The fraction of sp³-hybridized carbons (Fsp3) is 0.400. The van der Waals surface area contributed by atoms with Crippen molar-refractivity contribution in [2.75, 3.05) is 37.6 Å². The number of anilines is 1. The third-order valence-corrected chi connectivity index (χ3v) is 3.77. The van der Waals surface area contributed by atoms with E-state index in [1.807, 2.05) is 35.3 Å². The number of benzene rings is 1. The molecule has 106 valence electrons. The number of nitrogens with zero attached hydrogens (tertiary/aromatic N) is 4. The zero-order valence-electron chi connectivity index (χ0n) is 11.5. The summed E-state index contributed by atoms with van der Waals surface area (Å²) in [6.07, 6.45) is 3.81. The van der Waals surface area contributed by atoms with Gasteiger partial charge in [-0.05, 0) is 30.3 Å². The van der Waals surface area contributed by atoms with E-state index in [1.165, 1.54) is 12.1 Å². The van der Waals surface area contributed by atoms with Crippen molar-refractivity contribution in [3.63, 3.8) is 0 Å². The van der Waals surface area contributed by atoms with Crippen LogP contribution in [0.2, 0.25) is 0 Å². The van der Waals surface area contributed by atoms with E-state index in [4.69, 9.17) is 0 Å². The Bertz CT molecular complexity index is 515. The Morgan fingerprint density at radius 3 is 2.40 bits per heavy atom. The predicted octanol–water partition coefficient (Wildman–Crippen LogP) is 1.84. The summed E-state index contributed by atoms with van der Waals surface area (Å²) in [5, 5.41) is 4.22. The first-order chi connectivity index (χ1) is 9.81. The van der Waals surface area contributed by atoms with Gasteiger partial charge < -0.3 is 4.90 Å². The summed E-state index contributed by atoms with van der Waals surface area (Å²) in [5.41, 5.74) is 1.11. The number of hydrogen-bond acceptors (Lipinski definition) is 3. The highest BCUT2D eigenvalue weighted by molar-refractivity contribution is 5.46. The van der Waals surface area contributed by atoms with Gasteiger partial charge in [-0.15, -0.1) is 0 Å². The van der Waals surface area contributed by atoms with Gasteiger partial charge in [-0.2, -0.15) is 5.10 Å². The Balaban J connectivity index is 1.48. The summed E-state index contributed by atoms with van der Waals surface area (Å²) in [6.45, 7) is 6.02. The summed E-state index contributed by atoms with van der Waals surface area (Å²) < 4.78 is 14.9. The van der Waals surface area contributed by atoms with Crippen LogP contribution in [0.3, 0.4) is 0 Å². The molecule has 2 aromatic rings. The largest absolute Gasteiger partial charge is 0.369 e. The number of aromatic nitrogens is 2. The summed E-state index contributed by atoms with van der Waals surface area (Å²) in [7, 11) is 0. The molecule has 0 radical (unpaired) electrons. The van der Waals surface area contributed by atoms with Crippen LogP contribution in [0.5, 0.6) is 0 Å². The lowest BCUT2D eigenvalue weighted by atomic mass is 10.2. The van der Waals surface area contributed by atoms with Gasteiger partial charge in [0, 0.05) is 50.8 Å². The Kier molecular flexibility index (Phi) is 3.97. The summed E-state index contributed by atoms with van der Waals surface area (Å²) >= 11 is 0. The molecule has 2 heterocycles. The summed E-state index contributed by atoms with van der Waals surface area (Å²) in [5.74, 6) is -0.174. The minimum absolute atomic E-state index is 0.174. The van der Waals surface area contributed by atoms with Crippen LogP contribution in [0.25, 0.3) is 0 Å². The van der Waals surface area contributed by atoms with Gasteiger partial charge in [0.05, 0.1) is 6.54 Å². The molecular formula is C15H19FN4. The zero-order valence-corrected chi connectivity index (χ0v) is 11.5. The third kappa shape index (κ3) is 3.17. The Labute approximate surface area is 118 Å². The Morgan fingerprint density at radius 2 is 1.75 bits per heavy atom. The molecule has 1 aromatic carbocycles. The van der Waals surface area contributed by atoms with Crippen molar-refractivity contribution in [2.24, 2.45) is 0 Å². The molecule has 1 aliphatic heterocycles.